The molecular weight excluding hydrogens is 346 g/mol. The van der Waals surface area contributed by atoms with Crippen LogP contribution in [0, 0.1) is 0 Å². The number of aryl methyl sites for hydroxylation is 1. The van der Waals surface area contributed by atoms with E-state index >= 15 is 0 Å². The van der Waals surface area contributed by atoms with Crippen LogP contribution in [0.3, 0.4) is 0 Å². The fourth-order valence-electron chi connectivity index (χ4n) is 2.55. The van der Waals surface area contributed by atoms with Crippen LogP contribution in [0.25, 0.3) is 11.4 Å². The average molecular weight is 367 g/mol. The molecule has 0 fully saturated rings. The van der Waals surface area contributed by atoms with Crippen LogP contribution in [-0.2, 0) is 17.8 Å². The van der Waals surface area contributed by atoms with Crippen molar-refractivity contribution in [2.75, 3.05) is 11.1 Å². The number of nitrogens with zero attached hydrogens (tertiary/aromatic N) is 4. The van der Waals surface area contributed by atoms with Crippen molar-refractivity contribution in [2.24, 2.45) is 0 Å². The third kappa shape index (κ3) is 4.29. The number of aromatic nitrogens is 4. The Morgan fingerprint density at radius 1 is 1.08 bits per heavy atom. The number of carbonyl (C=O) groups is 1. The third-order valence-corrected chi connectivity index (χ3v) is 4.92. The van der Waals surface area contributed by atoms with Crippen molar-refractivity contribution in [3.63, 3.8) is 0 Å². The summed E-state index contributed by atoms with van der Waals surface area (Å²) in [6, 6.07) is 11.7. The molecule has 26 heavy (non-hydrogen) atoms. The van der Waals surface area contributed by atoms with Crippen molar-refractivity contribution >= 4 is 23.4 Å². The third-order valence-electron chi connectivity index (χ3n) is 3.95. The number of carbonyl (C=O) groups excluding carboxylic acids is 1. The van der Waals surface area contributed by atoms with Gasteiger partial charge in [-0.2, -0.15) is 0 Å². The fourth-order valence-corrected chi connectivity index (χ4v) is 3.35. The van der Waals surface area contributed by atoms with Gasteiger partial charge in [-0.1, -0.05) is 30.8 Å². The van der Waals surface area contributed by atoms with Crippen molar-refractivity contribution in [3.05, 3.63) is 54.4 Å². The van der Waals surface area contributed by atoms with Gasteiger partial charge in [0.1, 0.15) is 0 Å². The van der Waals surface area contributed by atoms with E-state index in [1.165, 1.54) is 17.3 Å². The van der Waals surface area contributed by atoms with Crippen molar-refractivity contribution in [2.45, 2.75) is 32.0 Å². The summed E-state index contributed by atoms with van der Waals surface area (Å²) >= 11 is 1.38. The van der Waals surface area contributed by atoms with E-state index in [2.05, 4.69) is 27.4 Å². The van der Waals surface area contributed by atoms with E-state index in [-0.39, 0.29) is 11.7 Å². The van der Waals surface area contributed by atoms with E-state index in [1.807, 2.05) is 47.9 Å². The number of pyridine rings is 1. The lowest BCUT2D eigenvalue weighted by atomic mass is 10.1. The van der Waals surface area contributed by atoms with Gasteiger partial charge in [0.15, 0.2) is 11.0 Å². The maximum absolute atomic E-state index is 12.2. The van der Waals surface area contributed by atoms with Gasteiger partial charge in [-0.25, -0.2) is 0 Å². The number of hydrogen-bond acceptors (Lipinski definition) is 5. The van der Waals surface area contributed by atoms with E-state index in [0.29, 0.717) is 0 Å². The largest absolute Gasteiger partial charge is 0.325 e. The van der Waals surface area contributed by atoms with Gasteiger partial charge in [0.05, 0.1) is 5.75 Å². The molecule has 0 aliphatic carbocycles. The van der Waals surface area contributed by atoms with Crippen LogP contribution in [0.1, 0.15) is 19.4 Å². The number of rotatable bonds is 7. The highest BCUT2D eigenvalue weighted by Gasteiger charge is 2.14. The Labute approximate surface area is 157 Å². The number of benzene rings is 1. The summed E-state index contributed by atoms with van der Waals surface area (Å²) in [5.74, 6) is 1.01. The lowest BCUT2D eigenvalue weighted by Crippen LogP contribution is -2.14. The maximum Gasteiger partial charge on any atom is 0.234 e. The average Bonchev–Trinajstić information content (AvgIpc) is 3.10. The van der Waals surface area contributed by atoms with Crippen LogP contribution >= 0.6 is 11.8 Å². The zero-order valence-corrected chi connectivity index (χ0v) is 15.7. The Kier molecular flexibility index (Phi) is 6.01. The van der Waals surface area contributed by atoms with Gasteiger partial charge in [0, 0.05) is 30.2 Å². The summed E-state index contributed by atoms with van der Waals surface area (Å²) in [5.41, 5.74) is 3.01. The van der Waals surface area contributed by atoms with Crippen LogP contribution in [0.2, 0.25) is 0 Å². The Bertz CT molecular complexity index is 861. The quantitative estimate of drug-likeness (QED) is 0.645. The highest BCUT2D eigenvalue weighted by molar-refractivity contribution is 7.99. The molecule has 0 saturated heterocycles. The highest BCUT2D eigenvalue weighted by atomic mass is 32.2. The highest BCUT2D eigenvalue weighted by Crippen LogP contribution is 2.23. The number of amides is 1. The molecule has 0 radical (unpaired) electrons. The Morgan fingerprint density at radius 3 is 2.46 bits per heavy atom. The van der Waals surface area contributed by atoms with Crippen LogP contribution in [-0.4, -0.2) is 31.4 Å². The predicted octanol–water partition coefficient (Wildman–Crippen LogP) is 3.65. The molecule has 7 heteroatoms. The maximum atomic E-state index is 12.2. The second-order valence-corrected chi connectivity index (χ2v) is 6.62. The molecular formula is C19H21N5OS. The minimum absolute atomic E-state index is 0.0598. The van der Waals surface area contributed by atoms with Crippen LogP contribution < -0.4 is 5.32 Å². The van der Waals surface area contributed by atoms with Gasteiger partial charge in [0.2, 0.25) is 5.91 Å². The molecule has 0 spiro atoms. The molecule has 0 aliphatic heterocycles. The summed E-state index contributed by atoms with van der Waals surface area (Å²) in [6.07, 6.45) is 4.44. The summed E-state index contributed by atoms with van der Waals surface area (Å²) < 4.78 is 2.00. The molecule has 1 N–H and O–H groups in total. The molecule has 2 heterocycles. The molecule has 0 atom stereocenters. The van der Waals surface area contributed by atoms with Gasteiger partial charge >= 0.3 is 0 Å². The van der Waals surface area contributed by atoms with Crippen molar-refractivity contribution in [3.8, 4) is 11.4 Å². The number of thioether (sulfide) groups is 1. The summed E-state index contributed by atoms with van der Waals surface area (Å²) in [7, 11) is 0. The normalized spacial score (nSPS) is 10.7. The Morgan fingerprint density at radius 2 is 1.81 bits per heavy atom. The first kappa shape index (κ1) is 18.1. The number of nitrogens with one attached hydrogen (secondary N) is 1. The fraction of sp³-hybridized carbons (Fsp3) is 0.263. The predicted molar refractivity (Wildman–Crippen MR) is 104 cm³/mol. The molecule has 3 aromatic rings. The van der Waals surface area contributed by atoms with Crippen molar-refractivity contribution < 1.29 is 4.79 Å². The first-order valence-corrected chi connectivity index (χ1v) is 9.55. The zero-order valence-electron chi connectivity index (χ0n) is 14.8. The summed E-state index contributed by atoms with van der Waals surface area (Å²) in [5, 5.41) is 12.2. The molecule has 2 aromatic heterocycles. The van der Waals surface area contributed by atoms with Crippen LogP contribution in [0.15, 0.2) is 53.9 Å². The number of hydrogen-bond donors (Lipinski definition) is 1. The first-order chi connectivity index (χ1) is 12.7. The topological polar surface area (TPSA) is 72.7 Å². The molecule has 3 rings (SSSR count). The van der Waals surface area contributed by atoms with Crippen molar-refractivity contribution in [1.29, 1.82) is 0 Å². The molecule has 0 aliphatic rings. The Hall–Kier alpha value is -2.67. The standard InChI is InChI=1S/C19H21N5OS/c1-3-14-5-7-16(8-6-14)21-17(25)13-26-19-23-22-18(24(19)4-2)15-9-11-20-12-10-15/h5-12H,3-4,13H2,1-2H3,(H,21,25). The molecule has 0 unspecified atom stereocenters. The summed E-state index contributed by atoms with van der Waals surface area (Å²) in [4.78, 5) is 16.2. The first-order valence-electron chi connectivity index (χ1n) is 8.56. The minimum Gasteiger partial charge on any atom is -0.325 e. The van der Waals surface area contributed by atoms with Gasteiger partial charge in [-0.3, -0.25) is 9.78 Å². The molecule has 1 amide bonds. The molecule has 0 bridgehead atoms. The van der Waals surface area contributed by atoms with Gasteiger partial charge in [0.25, 0.3) is 0 Å². The molecule has 134 valence electrons. The Balaban J connectivity index is 1.64. The van der Waals surface area contributed by atoms with Crippen molar-refractivity contribution in [1.82, 2.24) is 19.7 Å². The van der Waals surface area contributed by atoms with E-state index in [4.69, 9.17) is 0 Å². The van der Waals surface area contributed by atoms with Gasteiger partial charge < -0.3 is 9.88 Å². The SMILES string of the molecule is CCc1ccc(NC(=O)CSc2nnc(-c3ccncc3)n2CC)cc1. The van der Waals surface area contributed by atoms with E-state index in [9.17, 15) is 4.79 Å². The smallest absolute Gasteiger partial charge is 0.234 e. The van der Waals surface area contributed by atoms with Gasteiger partial charge in [-0.15, -0.1) is 10.2 Å². The van der Waals surface area contributed by atoms with E-state index in [0.717, 1.165) is 35.2 Å². The van der Waals surface area contributed by atoms with Crippen LogP contribution in [0.4, 0.5) is 5.69 Å². The lowest BCUT2D eigenvalue weighted by molar-refractivity contribution is -0.113. The minimum atomic E-state index is -0.0598. The number of anilines is 1. The lowest BCUT2D eigenvalue weighted by Gasteiger charge is -2.08. The second kappa shape index (κ2) is 8.62. The molecule has 0 saturated carbocycles. The second-order valence-electron chi connectivity index (χ2n) is 5.67. The van der Waals surface area contributed by atoms with Gasteiger partial charge in [-0.05, 0) is 43.2 Å². The summed E-state index contributed by atoms with van der Waals surface area (Å²) in [6.45, 7) is 4.87. The van der Waals surface area contributed by atoms with E-state index < -0.39 is 0 Å². The molecule has 6 nitrogen and oxygen atoms in total. The zero-order chi connectivity index (χ0) is 18.4. The van der Waals surface area contributed by atoms with Crippen LogP contribution in [0.5, 0.6) is 0 Å². The van der Waals surface area contributed by atoms with E-state index in [1.54, 1.807) is 12.4 Å². The monoisotopic (exact) mass is 367 g/mol. The molecule has 1 aromatic carbocycles.